The van der Waals surface area contributed by atoms with Crippen LogP contribution in [-0.2, 0) is 18.5 Å². The summed E-state index contributed by atoms with van der Waals surface area (Å²) in [6.07, 6.45) is 2.39. The summed E-state index contributed by atoms with van der Waals surface area (Å²) in [4.78, 5) is 0. The fourth-order valence-corrected chi connectivity index (χ4v) is 3.51. The highest BCUT2D eigenvalue weighted by Crippen LogP contribution is 2.46. The van der Waals surface area contributed by atoms with E-state index >= 15 is 0 Å². The minimum atomic E-state index is 0.104. The molecule has 0 aromatic heterocycles. The van der Waals surface area contributed by atoms with Gasteiger partial charge in [-0.05, 0) is 35.1 Å². The number of benzene rings is 2. The van der Waals surface area contributed by atoms with Gasteiger partial charge < -0.3 is 0 Å². The minimum Gasteiger partial charge on any atom is -0.300 e. The molecule has 0 saturated heterocycles. The molecule has 2 aliphatic rings. The van der Waals surface area contributed by atoms with Gasteiger partial charge in [0.2, 0.25) is 0 Å². The molecule has 2 aromatic rings. The summed E-state index contributed by atoms with van der Waals surface area (Å²) in [6, 6.07) is 17.7. The second-order valence-corrected chi connectivity index (χ2v) is 5.07. The molecule has 2 aromatic carbocycles. The lowest BCUT2D eigenvalue weighted by Crippen LogP contribution is -2.35. The van der Waals surface area contributed by atoms with Gasteiger partial charge in [-0.2, -0.15) is 0 Å². The van der Waals surface area contributed by atoms with Crippen molar-refractivity contribution in [3.05, 3.63) is 70.8 Å². The number of hydrogen-bond acceptors (Lipinski definition) is 1. The maximum Gasteiger partial charge on any atom is 0.0702 e. The van der Waals surface area contributed by atoms with Gasteiger partial charge in [0.15, 0.2) is 0 Å². The van der Waals surface area contributed by atoms with Crippen molar-refractivity contribution >= 4 is 0 Å². The monoisotopic (exact) mass is 221 g/mol. The topological polar surface area (TPSA) is 12.0 Å². The van der Waals surface area contributed by atoms with E-state index in [0.717, 1.165) is 6.54 Å². The van der Waals surface area contributed by atoms with Crippen LogP contribution in [0.1, 0.15) is 28.7 Å². The van der Waals surface area contributed by atoms with Gasteiger partial charge in [0, 0.05) is 6.54 Å². The summed E-state index contributed by atoms with van der Waals surface area (Å²) >= 11 is 0. The molecule has 1 heteroatoms. The molecule has 0 bridgehead atoms. The van der Waals surface area contributed by atoms with Crippen molar-refractivity contribution in [3.8, 4) is 0 Å². The van der Waals surface area contributed by atoms with E-state index in [1.165, 1.54) is 35.1 Å². The van der Waals surface area contributed by atoms with Crippen LogP contribution < -0.4 is 5.32 Å². The Labute approximate surface area is 101 Å². The second kappa shape index (κ2) is 3.21. The Morgan fingerprint density at radius 1 is 0.824 bits per heavy atom. The first kappa shape index (κ1) is 9.43. The zero-order valence-electron chi connectivity index (χ0n) is 9.74. The molecule has 1 atom stereocenters. The van der Waals surface area contributed by atoms with Gasteiger partial charge in [0.05, 0.1) is 5.54 Å². The van der Waals surface area contributed by atoms with Gasteiger partial charge in [-0.1, -0.05) is 48.5 Å². The van der Waals surface area contributed by atoms with Crippen molar-refractivity contribution in [2.45, 2.75) is 24.9 Å². The Morgan fingerprint density at radius 3 is 2.29 bits per heavy atom. The molecule has 1 heterocycles. The molecule has 84 valence electrons. The normalized spacial score (nSPS) is 24.9. The largest absolute Gasteiger partial charge is 0.300 e. The third kappa shape index (κ3) is 1.12. The van der Waals surface area contributed by atoms with E-state index in [2.05, 4.69) is 53.8 Å². The van der Waals surface area contributed by atoms with E-state index in [9.17, 15) is 0 Å². The summed E-state index contributed by atoms with van der Waals surface area (Å²) in [5, 5.41) is 3.75. The average molecular weight is 221 g/mol. The summed E-state index contributed by atoms with van der Waals surface area (Å²) in [6.45, 7) is 1.00. The molecule has 4 rings (SSSR count). The highest BCUT2D eigenvalue weighted by atomic mass is 15.0. The van der Waals surface area contributed by atoms with Gasteiger partial charge in [0.1, 0.15) is 0 Å². The van der Waals surface area contributed by atoms with E-state index in [0.29, 0.717) is 0 Å². The number of fused-ring (bicyclic) bond motifs is 4. The lowest BCUT2D eigenvalue weighted by atomic mass is 9.85. The maximum absolute atomic E-state index is 3.75. The SMILES string of the molecule is c1ccc2c(c1)CCC21NCc2ccccc21. The summed E-state index contributed by atoms with van der Waals surface area (Å²) in [5.74, 6) is 0. The van der Waals surface area contributed by atoms with E-state index < -0.39 is 0 Å². The Balaban J connectivity index is 1.97. The Bertz CT molecular complexity index is 532. The Morgan fingerprint density at radius 2 is 1.47 bits per heavy atom. The second-order valence-electron chi connectivity index (χ2n) is 5.07. The minimum absolute atomic E-state index is 0.104. The standard InChI is InChI=1S/C16H15N/c1-3-7-14-12(5-1)9-10-16(14)15-8-4-2-6-13(15)11-17-16/h1-8,17H,9-11H2. The van der Waals surface area contributed by atoms with Crippen LogP contribution in [0.4, 0.5) is 0 Å². The molecule has 1 aliphatic heterocycles. The van der Waals surface area contributed by atoms with Crippen molar-refractivity contribution < 1.29 is 0 Å². The molecule has 1 nitrogen and oxygen atoms in total. The molecule has 0 fully saturated rings. The predicted molar refractivity (Wildman–Crippen MR) is 68.8 cm³/mol. The Kier molecular flexibility index (Phi) is 1.78. The number of nitrogens with one attached hydrogen (secondary N) is 1. The lowest BCUT2D eigenvalue weighted by molar-refractivity contribution is 0.434. The Hall–Kier alpha value is -1.60. The average Bonchev–Trinajstić information content (AvgIpc) is 2.95. The molecule has 1 spiro atoms. The molecule has 1 unspecified atom stereocenters. The fraction of sp³-hybridized carbons (Fsp3) is 0.250. The molecule has 1 aliphatic carbocycles. The zero-order chi connectivity index (χ0) is 11.3. The quantitative estimate of drug-likeness (QED) is 0.721. The number of aryl methyl sites for hydroxylation is 1. The summed E-state index contributed by atoms with van der Waals surface area (Å²) in [5.41, 5.74) is 6.06. The number of hydrogen-bond donors (Lipinski definition) is 1. The van der Waals surface area contributed by atoms with Crippen molar-refractivity contribution in [2.75, 3.05) is 0 Å². The van der Waals surface area contributed by atoms with E-state index in [1.807, 2.05) is 0 Å². The molecule has 0 amide bonds. The van der Waals surface area contributed by atoms with E-state index in [1.54, 1.807) is 0 Å². The fourth-order valence-electron chi connectivity index (χ4n) is 3.51. The van der Waals surface area contributed by atoms with Crippen LogP contribution in [0.3, 0.4) is 0 Å². The van der Waals surface area contributed by atoms with Crippen LogP contribution >= 0.6 is 0 Å². The van der Waals surface area contributed by atoms with Gasteiger partial charge in [-0.15, -0.1) is 0 Å². The molecular weight excluding hydrogens is 206 g/mol. The van der Waals surface area contributed by atoms with Crippen LogP contribution in [0.15, 0.2) is 48.5 Å². The van der Waals surface area contributed by atoms with Crippen LogP contribution in [0, 0.1) is 0 Å². The predicted octanol–water partition coefficient (Wildman–Crippen LogP) is 2.98. The third-order valence-electron chi connectivity index (χ3n) is 4.30. The van der Waals surface area contributed by atoms with Crippen molar-refractivity contribution in [1.82, 2.24) is 5.32 Å². The molecule has 1 N–H and O–H groups in total. The van der Waals surface area contributed by atoms with E-state index in [-0.39, 0.29) is 5.54 Å². The van der Waals surface area contributed by atoms with Crippen LogP contribution in [0.2, 0.25) is 0 Å². The third-order valence-corrected chi connectivity index (χ3v) is 4.30. The first-order valence-corrected chi connectivity index (χ1v) is 6.32. The molecule has 17 heavy (non-hydrogen) atoms. The van der Waals surface area contributed by atoms with Crippen molar-refractivity contribution in [2.24, 2.45) is 0 Å². The smallest absolute Gasteiger partial charge is 0.0702 e. The van der Waals surface area contributed by atoms with Crippen molar-refractivity contribution in [1.29, 1.82) is 0 Å². The van der Waals surface area contributed by atoms with Crippen LogP contribution in [0.25, 0.3) is 0 Å². The zero-order valence-corrected chi connectivity index (χ0v) is 9.74. The molecular formula is C16H15N. The highest BCUT2D eigenvalue weighted by Gasteiger charge is 2.43. The van der Waals surface area contributed by atoms with Crippen LogP contribution in [-0.4, -0.2) is 0 Å². The summed E-state index contributed by atoms with van der Waals surface area (Å²) in [7, 11) is 0. The lowest BCUT2D eigenvalue weighted by Gasteiger charge is -2.27. The van der Waals surface area contributed by atoms with E-state index in [4.69, 9.17) is 0 Å². The molecule has 0 saturated carbocycles. The van der Waals surface area contributed by atoms with Crippen LogP contribution in [0.5, 0.6) is 0 Å². The van der Waals surface area contributed by atoms with Gasteiger partial charge in [-0.25, -0.2) is 0 Å². The van der Waals surface area contributed by atoms with Gasteiger partial charge in [-0.3, -0.25) is 5.32 Å². The first-order valence-electron chi connectivity index (χ1n) is 6.32. The first-order chi connectivity index (χ1) is 8.40. The maximum atomic E-state index is 3.75. The number of rotatable bonds is 0. The summed E-state index contributed by atoms with van der Waals surface area (Å²) < 4.78 is 0. The van der Waals surface area contributed by atoms with Crippen molar-refractivity contribution in [3.63, 3.8) is 0 Å². The van der Waals surface area contributed by atoms with Gasteiger partial charge >= 0.3 is 0 Å². The highest BCUT2D eigenvalue weighted by molar-refractivity contribution is 5.52. The van der Waals surface area contributed by atoms with Gasteiger partial charge in [0.25, 0.3) is 0 Å². The molecule has 0 radical (unpaired) electrons.